The van der Waals surface area contributed by atoms with Gasteiger partial charge in [0.2, 0.25) is 5.88 Å². The Hall–Kier alpha value is -6.22. The van der Waals surface area contributed by atoms with Crippen molar-refractivity contribution in [3.63, 3.8) is 0 Å². The van der Waals surface area contributed by atoms with Crippen molar-refractivity contribution in [1.29, 1.82) is 0 Å². The number of hydrogen-bond donors (Lipinski definition) is 0. The van der Waals surface area contributed by atoms with Gasteiger partial charge in [0.05, 0.1) is 16.4 Å². The van der Waals surface area contributed by atoms with Crippen LogP contribution in [0.1, 0.15) is 44.5 Å². The van der Waals surface area contributed by atoms with Gasteiger partial charge in [-0.3, -0.25) is 0 Å². The quantitative estimate of drug-likeness (QED) is 0.155. The van der Waals surface area contributed by atoms with Crippen LogP contribution in [0.4, 0.5) is 0 Å². The predicted octanol–water partition coefficient (Wildman–Crippen LogP) is 10.8. The van der Waals surface area contributed by atoms with Crippen molar-refractivity contribution in [2.45, 2.75) is 30.5 Å². The van der Waals surface area contributed by atoms with E-state index in [2.05, 4.69) is 124 Å². The highest BCUT2D eigenvalue weighted by Crippen LogP contribution is 2.63. The van der Waals surface area contributed by atoms with Crippen LogP contribution in [-0.2, 0) is 10.8 Å². The molecule has 0 N–H and O–H groups in total. The van der Waals surface area contributed by atoms with Gasteiger partial charge in [-0.2, -0.15) is 0 Å². The molecule has 12 rings (SSSR count). The van der Waals surface area contributed by atoms with Crippen LogP contribution in [0, 0.1) is 0 Å². The van der Waals surface area contributed by atoms with Crippen molar-refractivity contribution in [3.05, 3.63) is 203 Å². The van der Waals surface area contributed by atoms with Gasteiger partial charge in [-0.15, -0.1) is 0 Å². The van der Waals surface area contributed by atoms with Gasteiger partial charge in [0.1, 0.15) is 34.9 Å². The highest BCUT2D eigenvalue weighted by Gasteiger charge is 2.52. The molecule has 8 heteroatoms. The molecule has 6 aromatic carbocycles. The maximum Gasteiger partial charge on any atom is 0.227 e. The van der Waals surface area contributed by atoms with E-state index >= 15 is 0 Å². The number of ether oxygens (including phenoxy) is 2. The molecule has 4 aliphatic rings. The molecule has 0 bridgehead atoms. The van der Waals surface area contributed by atoms with Gasteiger partial charge in [-0.25, -0.2) is 19.9 Å². The fourth-order valence-corrected chi connectivity index (χ4v) is 11.5. The Kier molecular flexibility index (Phi) is 6.25. The average molecular weight is 731 g/mol. The molecule has 0 saturated heterocycles. The number of hydrogen-bond acceptors (Lipinski definition) is 8. The van der Waals surface area contributed by atoms with Crippen LogP contribution in [0.5, 0.6) is 23.1 Å². The fraction of sp³-hybridized carbons (Fsp3) is 0.0435. The smallest absolute Gasteiger partial charge is 0.227 e. The molecule has 2 spiro atoms. The van der Waals surface area contributed by atoms with Crippen LogP contribution in [-0.4, -0.2) is 19.9 Å². The van der Waals surface area contributed by atoms with Crippen molar-refractivity contribution in [1.82, 2.24) is 19.9 Å². The summed E-state index contributed by atoms with van der Waals surface area (Å²) in [5.74, 6) is 2.90. The molecule has 6 nitrogen and oxygen atoms in total. The molecule has 0 radical (unpaired) electrons. The minimum atomic E-state index is -0.738. The van der Waals surface area contributed by atoms with Crippen molar-refractivity contribution in [2.75, 3.05) is 0 Å². The minimum Gasteiger partial charge on any atom is -0.457 e. The topological polar surface area (TPSA) is 70.0 Å². The Morgan fingerprint density at radius 2 is 0.944 bits per heavy atom. The number of aromatic nitrogens is 4. The van der Waals surface area contributed by atoms with Crippen LogP contribution in [0.15, 0.2) is 178 Å². The number of rotatable bonds is 1. The molecule has 54 heavy (non-hydrogen) atoms. The van der Waals surface area contributed by atoms with Crippen molar-refractivity contribution in [2.24, 2.45) is 0 Å². The lowest BCUT2D eigenvalue weighted by atomic mass is 9.63. The summed E-state index contributed by atoms with van der Waals surface area (Å²) in [6.07, 6.45) is 7.11. The average Bonchev–Trinajstić information content (AvgIpc) is 3.23. The largest absolute Gasteiger partial charge is 0.457 e. The first-order chi connectivity index (χ1) is 26.7. The van der Waals surface area contributed by atoms with Crippen molar-refractivity contribution < 1.29 is 9.47 Å². The number of para-hydroxylation sites is 2. The molecule has 254 valence electrons. The molecular formula is C46H26N4O2S2. The Balaban J connectivity index is 1.07. The molecular weight excluding hydrogens is 705 g/mol. The van der Waals surface area contributed by atoms with Crippen LogP contribution in [0.2, 0.25) is 0 Å². The zero-order chi connectivity index (χ0) is 35.4. The fourth-order valence-electron chi connectivity index (χ4n) is 9.15. The van der Waals surface area contributed by atoms with E-state index in [1.807, 2.05) is 48.4 Å². The SMILES string of the molecule is c1ccc2c(c1)Oc1cc(-c3ccc4c(c3)Sc3ccccc3C43c4ccccc4Sc4ncncc43)ccc1C21c2ccccc2Oc2ncncc21. The van der Waals surface area contributed by atoms with Crippen molar-refractivity contribution in [3.8, 4) is 34.3 Å². The van der Waals surface area contributed by atoms with Crippen LogP contribution in [0.25, 0.3) is 11.1 Å². The maximum absolute atomic E-state index is 6.82. The molecule has 0 saturated carbocycles. The highest BCUT2D eigenvalue weighted by molar-refractivity contribution is 7.99. The Morgan fingerprint density at radius 3 is 1.70 bits per heavy atom. The summed E-state index contributed by atoms with van der Waals surface area (Å²) >= 11 is 3.54. The van der Waals surface area contributed by atoms with Gasteiger partial charge in [-0.1, -0.05) is 121 Å². The molecule has 2 unspecified atom stereocenters. The van der Waals surface area contributed by atoms with E-state index in [9.17, 15) is 0 Å². The lowest BCUT2D eigenvalue weighted by molar-refractivity contribution is 0.388. The summed E-state index contributed by atoms with van der Waals surface area (Å²) in [5, 5.41) is 0.989. The second-order valence-corrected chi connectivity index (χ2v) is 15.9. The van der Waals surface area contributed by atoms with E-state index in [1.165, 1.54) is 31.4 Å². The number of benzene rings is 6. The summed E-state index contributed by atoms with van der Waals surface area (Å²) in [6.45, 7) is 0. The molecule has 0 amide bonds. The van der Waals surface area contributed by atoms with Gasteiger partial charge in [0.25, 0.3) is 0 Å². The summed E-state index contributed by atoms with van der Waals surface area (Å²) in [4.78, 5) is 22.2. The van der Waals surface area contributed by atoms with E-state index in [0.717, 1.165) is 61.2 Å². The molecule has 2 aromatic heterocycles. The first kappa shape index (κ1) is 30.3. The van der Waals surface area contributed by atoms with E-state index in [4.69, 9.17) is 14.5 Å². The van der Waals surface area contributed by atoms with Crippen LogP contribution < -0.4 is 9.47 Å². The number of nitrogens with zero attached hydrogens (tertiary/aromatic N) is 4. The van der Waals surface area contributed by atoms with E-state index in [0.29, 0.717) is 5.88 Å². The van der Waals surface area contributed by atoms with Gasteiger partial charge >= 0.3 is 0 Å². The van der Waals surface area contributed by atoms with Gasteiger partial charge < -0.3 is 9.47 Å². The standard InChI is InChI=1S/C46H26N4O2S2/c1-5-13-37-29(9-1)45(30-10-2-6-14-38(30)52-43-35(45)23-47-25-49-43)31-19-17-27(21-39(31)51-37)28-18-20-34-42(22-28)53-40-15-7-3-11-32(40)46(34)33-12-4-8-16-41(33)54-44-36(46)24-48-26-50-44/h1-26H. The monoisotopic (exact) mass is 730 g/mol. The van der Waals surface area contributed by atoms with Gasteiger partial charge in [0, 0.05) is 49.3 Å². The molecule has 0 aliphatic carbocycles. The third kappa shape index (κ3) is 3.88. The predicted molar refractivity (Wildman–Crippen MR) is 208 cm³/mol. The van der Waals surface area contributed by atoms with Gasteiger partial charge in [-0.05, 0) is 64.2 Å². The normalized spacial score (nSPS) is 19.0. The third-order valence-corrected chi connectivity index (χ3v) is 13.5. The van der Waals surface area contributed by atoms with Crippen LogP contribution in [0.3, 0.4) is 0 Å². The van der Waals surface area contributed by atoms with E-state index in [-0.39, 0.29) is 0 Å². The third-order valence-electron chi connectivity index (χ3n) is 11.3. The van der Waals surface area contributed by atoms with Crippen molar-refractivity contribution >= 4 is 23.5 Å². The van der Waals surface area contributed by atoms with Crippen LogP contribution >= 0.6 is 23.5 Å². The molecule has 4 aliphatic heterocycles. The second kappa shape index (κ2) is 11.1. The Bertz CT molecular complexity index is 2570. The van der Waals surface area contributed by atoms with E-state index < -0.39 is 10.8 Å². The lowest BCUT2D eigenvalue weighted by Gasteiger charge is -2.45. The lowest BCUT2D eigenvalue weighted by Crippen LogP contribution is -2.37. The zero-order valence-corrected chi connectivity index (χ0v) is 30.1. The minimum absolute atomic E-state index is 0.547. The molecule has 6 heterocycles. The summed E-state index contributed by atoms with van der Waals surface area (Å²) < 4.78 is 13.2. The molecule has 0 fully saturated rings. The first-order valence-corrected chi connectivity index (χ1v) is 19.4. The molecule has 8 aromatic rings. The first-order valence-electron chi connectivity index (χ1n) is 17.7. The second-order valence-electron chi connectivity index (χ2n) is 13.8. The molecule has 2 atom stereocenters. The Labute approximate surface area is 319 Å². The summed E-state index contributed by atoms with van der Waals surface area (Å²) in [6, 6.07) is 47.6. The highest BCUT2D eigenvalue weighted by atomic mass is 32.2. The summed E-state index contributed by atoms with van der Waals surface area (Å²) in [7, 11) is 0. The van der Waals surface area contributed by atoms with Gasteiger partial charge in [0.15, 0.2) is 0 Å². The number of fused-ring (bicyclic) bond motifs is 16. The summed E-state index contributed by atoms with van der Waals surface area (Å²) in [5.41, 5.74) is 9.69. The zero-order valence-electron chi connectivity index (χ0n) is 28.4. The maximum atomic E-state index is 6.82. The van der Waals surface area contributed by atoms with E-state index in [1.54, 1.807) is 24.4 Å². The Morgan fingerprint density at radius 1 is 0.407 bits per heavy atom.